The molecule has 2 unspecified atom stereocenters. The van der Waals surface area contributed by atoms with Crippen molar-refractivity contribution in [2.45, 2.75) is 24.4 Å². The molecule has 4 N–H and O–H groups in total. The molecule has 0 saturated carbocycles. The van der Waals surface area contributed by atoms with Crippen molar-refractivity contribution in [1.29, 1.82) is 0 Å². The maximum atomic E-state index is 13.3. The number of halogens is 8. The fourth-order valence-electron chi connectivity index (χ4n) is 2.35. The van der Waals surface area contributed by atoms with Gasteiger partial charge in [0.15, 0.2) is 0 Å². The lowest BCUT2D eigenvalue weighted by Gasteiger charge is -2.23. The maximum absolute atomic E-state index is 13.3. The Bertz CT molecular complexity index is 730. The van der Waals surface area contributed by atoms with Gasteiger partial charge < -0.3 is 11.5 Å². The van der Waals surface area contributed by atoms with Gasteiger partial charge in [0.2, 0.25) is 0 Å². The lowest BCUT2D eigenvalue weighted by Crippen LogP contribution is -2.27. The average Bonchev–Trinajstić information content (AvgIpc) is 2.52. The van der Waals surface area contributed by atoms with Crippen molar-refractivity contribution in [3.8, 4) is 0 Å². The summed E-state index contributed by atoms with van der Waals surface area (Å²) in [5, 5.41) is 0. The van der Waals surface area contributed by atoms with E-state index in [1.54, 1.807) is 0 Å². The summed E-state index contributed by atoms with van der Waals surface area (Å²) in [5.74, 6) is -3.05. The van der Waals surface area contributed by atoms with Crippen LogP contribution in [-0.2, 0) is 12.4 Å². The van der Waals surface area contributed by atoms with Gasteiger partial charge in [-0.1, -0.05) is 12.1 Å². The predicted molar refractivity (Wildman–Crippen MR) is 76.7 cm³/mol. The van der Waals surface area contributed by atoms with Crippen LogP contribution in [0.2, 0.25) is 0 Å². The third-order valence-corrected chi connectivity index (χ3v) is 3.75. The molecule has 2 aromatic rings. The van der Waals surface area contributed by atoms with Gasteiger partial charge in [0, 0.05) is 12.1 Å². The summed E-state index contributed by atoms with van der Waals surface area (Å²) >= 11 is 0. The second-order valence-corrected chi connectivity index (χ2v) is 5.53. The van der Waals surface area contributed by atoms with Crippen LogP contribution in [0.4, 0.5) is 35.1 Å². The number of rotatable bonds is 3. The van der Waals surface area contributed by atoms with Crippen LogP contribution in [0.3, 0.4) is 0 Å². The minimum Gasteiger partial charge on any atom is -0.322 e. The molecular weight excluding hydrogens is 372 g/mol. The van der Waals surface area contributed by atoms with Gasteiger partial charge in [-0.3, -0.25) is 0 Å². The summed E-state index contributed by atoms with van der Waals surface area (Å²) in [6, 6.07) is 1.08. The van der Waals surface area contributed by atoms with E-state index < -0.39 is 47.2 Å². The summed E-state index contributed by atoms with van der Waals surface area (Å²) in [7, 11) is 0. The SMILES string of the molecule is NC(c1ccc(F)c(C(F)(F)F)c1)C(N)c1ccc(F)c(C(F)(F)F)c1. The molecule has 0 spiro atoms. The number of nitrogens with two attached hydrogens (primary N) is 2. The minimum atomic E-state index is -4.98. The van der Waals surface area contributed by atoms with Gasteiger partial charge in [-0.25, -0.2) is 8.78 Å². The van der Waals surface area contributed by atoms with E-state index in [9.17, 15) is 35.1 Å². The second kappa shape index (κ2) is 6.84. The van der Waals surface area contributed by atoms with Gasteiger partial charge >= 0.3 is 12.4 Å². The van der Waals surface area contributed by atoms with Crippen molar-refractivity contribution >= 4 is 0 Å². The van der Waals surface area contributed by atoms with Crippen LogP contribution in [0.1, 0.15) is 34.3 Å². The molecule has 0 radical (unpaired) electrons. The molecule has 0 heterocycles. The fraction of sp³-hybridized carbons (Fsp3) is 0.250. The van der Waals surface area contributed by atoms with E-state index in [4.69, 9.17) is 11.5 Å². The molecule has 0 aliphatic heterocycles. The predicted octanol–water partition coefficient (Wildman–Crippen LogP) is 4.70. The first-order chi connectivity index (χ1) is 11.8. The van der Waals surface area contributed by atoms with E-state index in [0.29, 0.717) is 24.3 Å². The van der Waals surface area contributed by atoms with E-state index in [1.807, 2.05) is 0 Å². The smallest absolute Gasteiger partial charge is 0.322 e. The van der Waals surface area contributed by atoms with E-state index in [2.05, 4.69) is 0 Å². The molecule has 0 aliphatic carbocycles. The molecule has 26 heavy (non-hydrogen) atoms. The molecule has 10 heteroatoms. The third kappa shape index (κ3) is 4.13. The quantitative estimate of drug-likeness (QED) is 0.754. The highest BCUT2D eigenvalue weighted by molar-refractivity contribution is 5.34. The standard InChI is InChI=1S/C16H12F8N2/c17-11-3-1-7(5-9(11)15(19,20)21)13(25)14(26)8-2-4-12(18)10(6-8)16(22,23)24/h1-6,13-14H,25-26H2. The Kier molecular flexibility index (Phi) is 5.29. The molecule has 2 aromatic carbocycles. The van der Waals surface area contributed by atoms with Crippen molar-refractivity contribution in [1.82, 2.24) is 0 Å². The van der Waals surface area contributed by atoms with Crippen molar-refractivity contribution in [3.05, 3.63) is 70.3 Å². The van der Waals surface area contributed by atoms with Gasteiger partial charge in [-0.15, -0.1) is 0 Å². The zero-order valence-electron chi connectivity index (χ0n) is 12.8. The number of hydrogen-bond acceptors (Lipinski definition) is 2. The average molecular weight is 384 g/mol. The van der Waals surface area contributed by atoms with Crippen molar-refractivity contribution < 1.29 is 35.1 Å². The second-order valence-electron chi connectivity index (χ2n) is 5.53. The number of alkyl halides is 6. The van der Waals surface area contributed by atoms with Crippen LogP contribution in [0.15, 0.2) is 36.4 Å². The third-order valence-electron chi connectivity index (χ3n) is 3.75. The van der Waals surface area contributed by atoms with Gasteiger partial charge in [0.25, 0.3) is 0 Å². The van der Waals surface area contributed by atoms with Gasteiger partial charge in [-0.05, 0) is 35.4 Å². The van der Waals surface area contributed by atoms with Gasteiger partial charge in [0.1, 0.15) is 11.6 Å². The Morgan fingerprint density at radius 1 is 0.615 bits per heavy atom. The molecule has 0 saturated heterocycles. The molecule has 0 aromatic heterocycles. The monoisotopic (exact) mass is 384 g/mol. The minimum absolute atomic E-state index is 0.232. The summed E-state index contributed by atoms with van der Waals surface area (Å²) < 4.78 is 103. The molecule has 0 fully saturated rings. The van der Waals surface area contributed by atoms with Crippen LogP contribution in [-0.4, -0.2) is 0 Å². The normalized spacial score (nSPS) is 15.0. The Morgan fingerprint density at radius 3 is 1.19 bits per heavy atom. The summed E-state index contributed by atoms with van der Waals surface area (Å²) in [4.78, 5) is 0. The zero-order chi connectivity index (χ0) is 19.9. The lowest BCUT2D eigenvalue weighted by molar-refractivity contribution is -0.141. The first-order valence-corrected chi connectivity index (χ1v) is 7.07. The van der Waals surface area contributed by atoms with Crippen molar-refractivity contribution in [3.63, 3.8) is 0 Å². The molecule has 2 atom stereocenters. The maximum Gasteiger partial charge on any atom is 0.419 e. The number of benzene rings is 2. The summed E-state index contributed by atoms with van der Waals surface area (Å²) in [6.45, 7) is 0. The Morgan fingerprint density at radius 2 is 0.923 bits per heavy atom. The number of hydrogen-bond donors (Lipinski definition) is 2. The highest BCUT2D eigenvalue weighted by atomic mass is 19.4. The van der Waals surface area contributed by atoms with Crippen LogP contribution >= 0.6 is 0 Å². The first kappa shape index (κ1) is 20.1. The van der Waals surface area contributed by atoms with Crippen LogP contribution in [0.5, 0.6) is 0 Å². The van der Waals surface area contributed by atoms with Gasteiger partial charge in [-0.2, -0.15) is 26.3 Å². The molecular formula is C16H12F8N2. The van der Waals surface area contributed by atoms with Crippen molar-refractivity contribution in [2.75, 3.05) is 0 Å². The zero-order valence-corrected chi connectivity index (χ0v) is 12.8. The van der Waals surface area contributed by atoms with Crippen LogP contribution in [0.25, 0.3) is 0 Å². The molecule has 2 rings (SSSR count). The van der Waals surface area contributed by atoms with Crippen molar-refractivity contribution in [2.24, 2.45) is 11.5 Å². The van der Waals surface area contributed by atoms with E-state index in [-0.39, 0.29) is 11.1 Å². The molecule has 0 amide bonds. The summed E-state index contributed by atoms with van der Waals surface area (Å²) in [5.41, 5.74) is 7.86. The molecule has 0 aliphatic rings. The van der Waals surface area contributed by atoms with E-state index in [1.165, 1.54) is 0 Å². The Hall–Kier alpha value is -2.20. The highest BCUT2D eigenvalue weighted by Crippen LogP contribution is 2.36. The molecule has 2 nitrogen and oxygen atoms in total. The first-order valence-electron chi connectivity index (χ1n) is 7.07. The highest BCUT2D eigenvalue weighted by Gasteiger charge is 2.36. The van der Waals surface area contributed by atoms with E-state index in [0.717, 1.165) is 12.1 Å². The molecule has 0 bridgehead atoms. The Labute approximate surface area is 142 Å². The van der Waals surface area contributed by atoms with E-state index >= 15 is 0 Å². The van der Waals surface area contributed by atoms with Crippen LogP contribution in [0, 0.1) is 11.6 Å². The topological polar surface area (TPSA) is 52.0 Å². The lowest BCUT2D eigenvalue weighted by atomic mass is 9.92. The summed E-state index contributed by atoms with van der Waals surface area (Å²) in [6.07, 6.45) is -9.97. The fourth-order valence-corrected chi connectivity index (χ4v) is 2.35. The largest absolute Gasteiger partial charge is 0.419 e. The van der Waals surface area contributed by atoms with Crippen LogP contribution < -0.4 is 11.5 Å². The molecule has 142 valence electrons. The Balaban J connectivity index is 2.41. The van der Waals surface area contributed by atoms with Gasteiger partial charge in [0.05, 0.1) is 11.1 Å².